The zero-order valence-electron chi connectivity index (χ0n) is 8.69. The van der Waals surface area contributed by atoms with Crippen molar-refractivity contribution in [1.82, 2.24) is 0 Å². The molecule has 1 aromatic carbocycles. The molecule has 0 radical (unpaired) electrons. The topological polar surface area (TPSA) is 0 Å². The average molecular weight is 231 g/mol. The van der Waals surface area contributed by atoms with Crippen LogP contribution in [0.2, 0.25) is 5.02 Å². The normalized spacial score (nSPS) is 12.9. The summed E-state index contributed by atoms with van der Waals surface area (Å²) in [5.74, 6) is 1.25. The molecule has 0 aromatic heterocycles. The number of hydrogen-bond donors (Lipinski definition) is 0. The maximum Gasteiger partial charge on any atom is 0.0440 e. The summed E-state index contributed by atoms with van der Waals surface area (Å²) in [6.07, 6.45) is 2.09. The van der Waals surface area contributed by atoms with Crippen molar-refractivity contribution in [1.29, 1.82) is 0 Å². The molecule has 0 spiro atoms. The minimum absolute atomic E-state index is 0.539. The first kappa shape index (κ1) is 11.9. The second-order valence-corrected chi connectivity index (χ2v) is 4.44. The molecule has 0 bridgehead atoms. The molecule has 14 heavy (non-hydrogen) atoms. The van der Waals surface area contributed by atoms with E-state index in [2.05, 4.69) is 26.0 Å². The lowest BCUT2D eigenvalue weighted by atomic mass is 9.98. The summed E-state index contributed by atoms with van der Waals surface area (Å²) in [4.78, 5) is 0. The lowest BCUT2D eigenvalue weighted by Gasteiger charge is -2.12. The van der Waals surface area contributed by atoms with Crippen molar-refractivity contribution in [3.8, 4) is 0 Å². The summed E-state index contributed by atoms with van der Waals surface area (Å²) >= 11 is 12.0. The van der Waals surface area contributed by atoms with Crippen LogP contribution in [-0.4, -0.2) is 5.88 Å². The van der Waals surface area contributed by atoms with E-state index in [0.29, 0.717) is 11.8 Å². The van der Waals surface area contributed by atoms with Gasteiger partial charge in [0, 0.05) is 10.9 Å². The van der Waals surface area contributed by atoms with Crippen LogP contribution in [0.5, 0.6) is 0 Å². The third-order valence-electron chi connectivity index (χ3n) is 2.51. The molecule has 0 N–H and O–H groups in total. The Hall–Kier alpha value is -0.200. The molecule has 2 heteroatoms. The van der Waals surface area contributed by atoms with Gasteiger partial charge in [-0.3, -0.25) is 0 Å². The van der Waals surface area contributed by atoms with Crippen LogP contribution >= 0.6 is 23.2 Å². The van der Waals surface area contributed by atoms with Gasteiger partial charge in [0.2, 0.25) is 0 Å². The minimum atomic E-state index is 0.539. The van der Waals surface area contributed by atoms with Gasteiger partial charge in [-0.25, -0.2) is 0 Å². The number of benzene rings is 1. The Balaban J connectivity index is 2.76. The summed E-state index contributed by atoms with van der Waals surface area (Å²) < 4.78 is 0. The molecule has 1 aromatic rings. The fourth-order valence-electron chi connectivity index (χ4n) is 1.44. The molecule has 78 valence electrons. The summed E-state index contributed by atoms with van der Waals surface area (Å²) in [6, 6.07) is 6.22. The first-order chi connectivity index (χ1) is 6.67. The van der Waals surface area contributed by atoms with Crippen LogP contribution < -0.4 is 0 Å². The summed E-state index contributed by atoms with van der Waals surface area (Å²) in [5, 5.41) is 0.869. The summed E-state index contributed by atoms with van der Waals surface area (Å²) in [5.41, 5.74) is 2.42. The van der Waals surface area contributed by atoms with Gasteiger partial charge in [0.15, 0.2) is 0 Å². The van der Waals surface area contributed by atoms with E-state index >= 15 is 0 Å². The van der Waals surface area contributed by atoms with Crippen molar-refractivity contribution in [2.45, 2.75) is 26.7 Å². The van der Waals surface area contributed by atoms with Crippen LogP contribution in [0.1, 0.15) is 24.5 Å². The van der Waals surface area contributed by atoms with E-state index in [-0.39, 0.29) is 0 Å². The van der Waals surface area contributed by atoms with Crippen LogP contribution in [0.15, 0.2) is 18.2 Å². The molecule has 0 heterocycles. The standard InChI is InChI=1S/C12H16Cl2/c1-3-10(8-13)7-11-5-4-9(2)6-12(11)14/h4-6,10H,3,7-8H2,1-2H3. The fourth-order valence-corrected chi connectivity index (χ4v) is 2.08. The first-order valence-corrected chi connectivity index (χ1v) is 5.89. The Morgan fingerprint density at radius 1 is 1.36 bits per heavy atom. The van der Waals surface area contributed by atoms with Gasteiger partial charge in [0.05, 0.1) is 0 Å². The Morgan fingerprint density at radius 3 is 2.57 bits per heavy atom. The minimum Gasteiger partial charge on any atom is -0.126 e. The smallest absolute Gasteiger partial charge is 0.0440 e. The van der Waals surface area contributed by atoms with Gasteiger partial charge in [-0.2, -0.15) is 0 Å². The molecule has 0 aliphatic carbocycles. The predicted octanol–water partition coefficient (Wildman–Crippen LogP) is 4.46. The predicted molar refractivity (Wildman–Crippen MR) is 64.4 cm³/mol. The second kappa shape index (κ2) is 5.63. The Kier molecular flexibility index (Phi) is 4.77. The van der Waals surface area contributed by atoms with E-state index in [0.717, 1.165) is 17.9 Å². The Morgan fingerprint density at radius 2 is 2.07 bits per heavy atom. The number of hydrogen-bond acceptors (Lipinski definition) is 0. The van der Waals surface area contributed by atoms with Gasteiger partial charge in [-0.1, -0.05) is 37.1 Å². The highest BCUT2D eigenvalue weighted by atomic mass is 35.5. The van der Waals surface area contributed by atoms with Crippen LogP contribution in [0.3, 0.4) is 0 Å². The third kappa shape index (κ3) is 3.18. The molecule has 0 aliphatic heterocycles. The van der Waals surface area contributed by atoms with Crippen molar-refractivity contribution in [3.05, 3.63) is 34.3 Å². The first-order valence-electron chi connectivity index (χ1n) is 4.98. The number of alkyl halides is 1. The molecule has 1 atom stereocenters. The zero-order chi connectivity index (χ0) is 10.6. The van der Waals surface area contributed by atoms with Gasteiger partial charge in [-0.15, -0.1) is 11.6 Å². The van der Waals surface area contributed by atoms with Gasteiger partial charge in [-0.05, 0) is 36.5 Å². The molecular formula is C12H16Cl2. The van der Waals surface area contributed by atoms with Crippen molar-refractivity contribution in [3.63, 3.8) is 0 Å². The van der Waals surface area contributed by atoms with Gasteiger partial charge in [0.25, 0.3) is 0 Å². The lowest BCUT2D eigenvalue weighted by molar-refractivity contribution is 0.567. The fraction of sp³-hybridized carbons (Fsp3) is 0.500. The van der Waals surface area contributed by atoms with Crippen LogP contribution in [0.25, 0.3) is 0 Å². The highest BCUT2D eigenvalue weighted by Crippen LogP contribution is 2.22. The Labute approximate surface area is 96.2 Å². The van der Waals surface area contributed by atoms with Crippen molar-refractivity contribution in [2.75, 3.05) is 5.88 Å². The summed E-state index contributed by atoms with van der Waals surface area (Å²) in [6.45, 7) is 4.21. The number of halogens is 2. The molecule has 1 unspecified atom stereocenters. The van der Waals surface area contributed by atoms with Gasteiger partial charge < -0.3 is 0 Å². The number of rotatable bonds is 4. The largest absolute Gasteiger partial charge is 0.126 e. The van der Waals surface area contributed by atoms with Crippen LogP contribution in [0, 0.1) is 12.8 Å². The molecule has 0 saturated carbocycles. The summed E-state index contributed by atoms with van der Waals surface area (Å²) in [7, 11) is 0. The second-order valence-electron chi connectivity index (χ2n) is 3.73. The van der Waals surface area contributed by atoms with Crippen molar-refractivity contribution in [2.24, 2.45) is 5.92 Å². The number of aryl methyl sites for hydroxylation is 1. The van der Waals surface area contributed by atoms with Crippen molar-refractivity contribution >= 4 is 23.2 Å². The lowest BCUT2D eigenvalue weighted by Crippen LogP contribution is -2.05. The van der Waals surface area contributed by atoms with Gasteiger partial charge in [0.1, 0.15) is 0 Å². The SMILES string of the molecule is CCC(CCl)Cc1ccc(C)cc1Cl. The van der Waals surface area contributed by atoms with Crippen LogP contribution in [0.4, 0.5) is 0 Å². The molecule has 0 saturated heterocycles. The molecular weight excluding hydrogens is 215 g/mol. The van der Waals surface area contributed by atoms with E-state index < -0.39 is 0 Å². The zero-order valence-corrected chi connectivity index (χ0v) is 10.2. The van der Waals surface area contributed by atoms with E-state index in [1.165, 1.54) is 11.1 Å². The quantitative estimate of drug-likeness (QED) is 0.671. The van der Waals surface area contributed by atoms with E-state index in [9.17, 15) is 0 Å². The average Bonchev–Trinajstić information content (AvgIpc) is 2.17. The molecule has 0 nitrogen and oxygen atoms in total. The maximum absolute atomic E-state index is 6.14. The maximum atomic E-state index is 6.14. The molecule has 0 aliphatic rings. The van der Waals surface area contributed by atoms with Crippen molar-refractivity contribution < 1.29 is 0 Å². The molecule has 0 amide bonds. The van der Waals surface area contributed by atoms with E-state index in [1.54, 1.807) is 0 Å². The highest BCUT2D eigenvalue weighted by molar-refractivity contribution is 6.31. The van der Waals surface area contributed by atoms with E-state index in [4.69, 9.17) is 23.2 Å². The van der Waals surface area contributed by atoms with Crippen LogP contribution in [-0.2, 0) is 6.42 Å². The van der Waals surface area contributed by atoms with Gasteiger partial charge >= 0.3 is 0 Å². The monoisotopic (exact) mass is 230 g/mol. The Bertz CT molecular complexity index is 290. The van der Waals surface area contributed by atoms with E-state index in [1.807, 2.05) is 6.07 Å². The molecule has 0 fully saturated rings. The molecule has 1 rings (SSSR count). The third-order valence-corrected chi connectivity index (χ3v) is 3.30. The highest BCUT2D eigenvalue weighted by Gasteiger charge is 2.08.